The van der Waals surface area contributed by atoms with E-state index in [1.807, 2.05) is 30.3 Å². The maximum absolute atomic E-state index is 13.7. The lowest BCUT2D eigenvalue weighted by molar-refractivity contribution is -0.140. The topological polar surface area (TPSA) is 139 Å². The minimum Gasteiger partial charge on any atom is -0.457 e. The second kappa shape index (κ2) is 11.3. The molecule has 0 saturated carbocycles. The van der Waals surface area contributed by atoms with Gasteiger partial charge in [-0.1, -0.05) is 24.3 Å². The molecule has 0 bridgehead atoms. The summed E-state index contributed by atoms with van der Waals surface area (Å²) in [7, 11) is 0. The van der Waals surface area contributed by atoms with Gasteiger partial charge in [0.05, 0.1) is 34.7 Å². The van der Waals surface area contributed by atoms with Crippen molar-refractivity contribution in [2.24, 2.45) is 0 Å². The number of hydrogen-bond donors (Lipinski definition) is 3. The molecule has 3 aromatic carbocycles. The van der Waals surface area contributed by atoms with Crippen LogP contribution in [0.3, 0.4) is 0 Å². The van der Waals surface area contributed by atoms with Crippen molar-refractivity contribution in [3.05, 3.63) is 94.2 Å². The maximum atomic E-state index is 13.7. The molecule has 11 heteroatoms. The highest BCUT2D eigenvalue weighted by atomic mass is 32.2. The predicted molar refractivity (Wildman–Crippen MR) is 149 cm³/mol. The second-order valence-electron chi connectivity index (χ2n) is 9.59. The Balaban J connectivity index is 1.32. The number of carbonyl (C=O) groups excluding carboxylic acids is 3. The molecule has 0 radical (unpaired) electrons. The van der Waals surface area contributed by atoms with Gasteiger partial charge in [-0.3, -0.25) is 4.79 Å². The fourth-order valence-electron chi connectivity index (χ4n) is 4.91. The first kappa shape index (κ1) is 26.3. The van der Waals surface area contributed by atoms with E-state index in [2.05, 4.69) is 22.0 Å². The van der Waals surface area contributed by atoms with Gasteiger partial charge in [0.25, 0.3) is 0 Å². The van der Waals surface area contributed by atoms with Crippen molar-refractivity contribution in [3.8, 4) is 17.6 Å². The van der Waals surface area contributed by atoms with Gasteiger partial charge in [-0.25, -0.2) is 9.59 Å². The minimum absolute atomic E-state index is 0.0507. The Labute approximate surface area is 239 Å². The molecule has 3 aliphatic heterocycles. The van der Waals surface area contributed by atoms with Gasteiger partial charge < -0.3 is 30.2 Å². The van der Waals surface area contributed by atoms with Crippen molar-refractivity contribution >= 4 is 35.4 Å². The number of nitriles is 1. The van der Waals surface area contributed by atoms with E-state index < -0.39 is 18.0 Å². The summed E-state index contributed by atoms with van der Waals surface area (Å²) in [5.74, 6) is 0.919. The highest BCUT2D eigenvalue weighted by Crippen LogP contribution is 2.37. The normalized spacial score (nSPS) is 17.1. The van der Waals surface area contributed by atoms with Crippen LogP contribution < -0.4 is 25.4 Å². The summed E-state index contributed by atoms with van der Waals surface area (Å²) < 4.78 is 16.6. The van der Waals surface area contributed by atoms with E-state index in [1.165, 1.54) is 11.8 Å². The molecule has 206 valence electrons. The van der Waals surface area contributed by atoms with Gasteiger partial charge in [-0.15, -0.1) is 11.8 Å². The van der Waals surface area contributed by atoms with Crippen molar-refractivity contribution in [1.29, 1.82) is 5.26 Å². The summed E-state index contributed by atoms with van der Waals surface area (Å²) in [4.78, 5) is 39.4. The molecule has 0 aliphatic carbocycles. The van der Waals surface area contributed by atoms with Gasteiger partial charge in [-0.2, -0.15) is 5.26 Å². The lowest BCUT2D eigenvalue weighted by Gasteiger charge is -2.30. The largest absolute Gasteiger partial charge is 0.457 e. The first-order valence-electron chi connectivity index (χ1n) is 12.9. The molecule has 3 heterocycles. The van der Waals surface area contributed by atoms with Crippen molar-refractivity contribution < 1.29 is 28.6 Å². The van der Waals surface area contributed by atoms with Crippen LogP contribution in [0, 0.1) is 11.3 Å². The Morgan fingerprint density at radius 1 is 1.00 bits per heavy atom. The zero-order valence-corrected chi connectivity index (χ0v) is 22.5. The molecule has 0 unspecified atom stereocenters. The summed E-state index contributed by atoms with van der Waals surface area (Å²) in [6.45, 7) is 0.116. The first-order valence-corrected chi connectivity index (χ1v) is 13.9. The third-order valence-electron chi connectivity index (χ3n) is 6.87. The highest BCUT2D eigenvalue weighted by Gasteiger charge is 2.34. The van der Waals surface area contributed by atoms with Crippen molar-refractivity contribution in [2.45, 2.75) is 30.4 Å². The van der Waals surface area contributed by atoms with Crippen LogP contribution >= 0.6 is 11.8 Å². The van der Waals surface area contributed by atoms with Crippen LogP contribution in [-0.2, 0) is 27.4 Å². The molecule has 3 aliphatic rings. The van der Waals surface area contributed by atoms with Crippen LogP contribution in [-0.4, -0.2) is 30.5 Å². The van der Waals surface area contributed by atoms with E-state index in [1.54, 1.807) is 30.3 Å². The minimum atomic E-state index is -0.817. The number of anilines is 1. The number of thioether (sulfide) groups is 1. The maximum Gasteiger partial charge on any atom is 0.338 e. The van der Waals surface area contributed by atoms with Crippen LogP contribution in [0.5, 0.6) is 11.5 Å². The quantitative estimate of drug-likeness (QED) is 0.359. The van der Waals surface area contributed by atoms with Crippen molar-refractivity contribution in [1.82, 2.24) is 10.6 Å². The number of aryl methyl sites for hydroxylation is 1. The third-order valence-corrected chi connectivity index (χ3v) is 7.94. The number of allylic oxidation sites excluding steroid dienone is 1. The number of nitrogens with one attached hydrogen (secondary N) is 3. The fourth-order valence-corrected chi connectivity index (χ4v) is 5.70. The number of ether oxygens (including phenoxy) is 3. The average molecular weight is 569 g/mol. The molecule has 0 spiro atoms. The van der Waals surface area contributed by atoms with Crippen LogP contribution in [0.2, 0.25) is 0 Å². The predicted octanol–water partition coefficient (Wildman–Crippen LogP) is 4.32. The Kier molecular flexibility index (Phi) is 7.22. The van der Waals surface area contributed by atoms with Gasteiger partial charge in [-0.05, 0) is 65.9 Å². The molecule has 0 saturated heterocycles. The summed E-state index contributed by atoms with van der Waals surface area (Å²) in [5.41, 5.74) is 4.01. The van der Waals surface area contributed by atoms with E-state index in [0.29, 0.717) is 58.2 Å². The molecule has 0 aromatic heterocycles. The summed E-state index contributed by atoms with van der Waals surface area (Å²) in [6, 6.07) is 18.7. The third kappa shape index (κ3) is 5.69. The molecule has 1 atom stereocenters. The van der Waals surface area contributed by atoms with Gasteiger partial charge >= 0.3 is 12.0 Å². The van der Waals surface area contributed by atoms with Crippen LogP contribution in [0.4, 0.5) is 10.5 Å². The second-order valence-corrected chi connectivity index (χ2v) is 10.6. The number of nitrogens with zero attached hydrogens (tertiary/aromatic N) is 1. The van der Waals surface area contributed by atoms with Crippen LogP contribution in [0.15, 0.2) is 76.8 Å². The number of fused-ring (bicyclic) bond motifs is 2. The zero-order chi connectivity index (χ0) is 28.3. The number of carbonyl (C=O) groups is 3. The summed E-state index contributed by atoms with van der Waals surface area (Å²) >= 11 is 1.43. The van der Waals surface area contributed by atoms with E-state index in [0.717, 1.165) is 10.5 Å². The molecule has 3 amide bonds. The monoisotopic (exact) mass is 568 g/mol. The molecular weight excluding hydrogens is 544 g/mol. The molecule has 0 fully saturated rings. The van der Waals surface area contributed by atoms with Gasteiger partial charge in [0.1, 0.15) is 6.61 Å². The van der Waals surface area contributed by atoms with E-state index in [-0.39, 0.29) is 24.9 Å². The van der Waals surface area contributed by atoms with Crippen LogP contribution in [0.1, 0.15) is 34.7 Å². The standard InChI is InChI=1S/C30H24N4O6S/c31-13-18-2-1-3-19(10-18)14-38-29(36)27-21(7-4-17-5-8-23-24(11-17)40-16-39-23)33-30(37)34-28(27)20-6-9-25-22(12-20)32-26(35)15-41-25/h1-3,5-6,8-12,28H,4,7,14-16H2,(H,32,35)(H2,33,34,37)/t28-/m1/s1. The molecule has 41 heavy (non-hydrogen) atoms. The number of urea groups is 1. The summed E-state index contributed by atoms with van der Waals surface area (Å²) in [6.07, 6.45) is 0.853. The van der Waals surface area contributed by atoms with Crippen LogP contribution in [0.25, 0.3) is 0 Å². The number of rotatable bonds is 7. The van der Waals surface area contributed by atoms with E-state index >= 15 is 0 Å². The van der Waals surface area contributed by atoms with Crippen molar-refractivity contribution in [3.63, 3.8) is 0 Å². The fraction of sp³-hybridized carbons (Fsp3) is 0.200. The number of benzene rings is 3. The average Bonchev–Trinajstić information content (AvgIpc) is 3.46. The molecule has 3 aromatic rings. The number of amides is 3. The van der Waals surface area contributed by atoms with Gasteiger partial charge in [0, 0.05) is 10.6 Å². The van der Waals surface area contributed by atoms with Crippen molar-refractivity contribution in [2.75, 3.05) is 17.9 Å². The van der Waals surface area contributed by atoms with Gasteiger partial charge in [0.15, 0.2) is 11.5 Å². The lowest BCUT2D eigenvalue weighted by Crippen LogP contribution is -2.46. The molecule has 6 rings (SSSR count). The van der Waals surface area contributed by atoms with E-state index in [9.17, 15) is 19.6 Å². The highest BCUT2D eigenvalue weighted by molar-refractivity contribution is 8.00. The Morgan fingerprint density at radius 2 is 1.88 bits per heavy atom. The molecular formula is C30H24N4O6S. The Morgan fingerprint density at radius 3 is 2.76 bits per heavy atom. The van der Waals surface area contributed by atoms with E-state index in [4.69, 9.17) is 14.2 Å². The molecule has 3 N–H and O–H groups in total. The number of esters is 1. The van der Waals surface area contributed by atoms with Gasteiger partial charge in [0.2, 0.25) is 12.7 Å². The zero-order valence-electron chi connectivity index (χ0n) is 21.7. The Bertz CT molecular complexity index is 1650. The summed E-state index contributed by atoms with van der Waals surface area (Å²) in [5, 5.41) is 17.7. The number of hydrogen-bond acceptors (Lipinski definition) is 8. The first-order chi connectivity index (χ1) is 20.0. The molecule has 10 nitrogen and oxygen atoms in total. The SMILES string of the molecule is N#Cc1cccc(COC(=O)C2=C(CCc3ccc4c(c3)OCO4)NC(=O)N[C@@H]2c2ccc3c(c2)NC(=O)CS3)c1. The smallest absolute Gasteiger partial charge is 0.338 e. The lowest BCUT2D eigenvalue weighted by atomic mass is 9.92. The Hall–Kier alpha value is -4.95.